The monoisotopic (exact) mass is 270 g/mol. The number of hydrazine groups is 1. The molecule has 3 N–H and O–H groups in total. The third-order valence-corrected chi connectivity index (χ3v) is 4.40. The Balaban J connectivity index is 1.92. The van der Waals surface area contributed by atoms with Gasteiger partial charge in [0.1, 0.15) is 5.76 Å². The quantitative estimate of drug-likeness (QED) is 0.644. The zero-order valence-corrected chi connectivity index (χ0v) is 11.9. The molecule has 1 fully saturated rings. The van der Waals surface area contributed by atoms with Crippen LogP contribution in [0.25, 0.3) is 0 Å². The van der Waals surface area contributed by atoms with Crippen molar-refractivity contribution < 1.29 is 4.42 Å². The molecule has 0 aliphatic heterocycles. The third kappa shape index (κ3) is 2.39. The van der Waals surface area contributed by atoms with Gasteiger partial charge in [-0.3, -0.25) is 5.84 Å². The Bertz CT molecular complexity index is 572. The van der Waals surface area contributed by atoms with Gasteiger partial charge in [0.2, 0.25) is 0 Å². The summed E-state index contributed by atoms with van der Waals surface area (Å²) in [5.41, 5.74) is 6.73. The van der Waals surface area contributed by atoms with Crippen LogP contribution >= 0.6 is 0 Å². The lowest BCUT2D eigenvalue weighted by Crippen LogP contribution is -2.29. The summed E-state index contributed by atoms with van der Waals surface area (Å²) >= 11 is 0. The highest BCUT2D eigenvalue weighted by molar-refractivity contribution is 5.36. The second-order valence-corrected chi connectivity index (χ2v) is 5.55. The maximum atomic E-state index is 5.80. The largest absolute Gasteiger partial charge is 0.469 e. The van der Waals surface area contributed by atoms with Gasteiger partial charge in [0.25, 0.3) is 0 Å². The van der Waals surface area contributed by atoms with Crippen molar-refractivity contribution in [3.05, 3.63) is 59.0 Å². The Hall–Kier alpha value is -1.58. The number of aryl methyl sites for hydroxylation is 1. The van der Waals surface area contributed by atoms with E-state index in [1.165, 1.54) is 30.4 Å². The summed E-state index contributed by atoms with van der Waals surface area (Å²) in [5, 5.41) is 0. The number of rotatable bonds is 5. The zero-order chi connectivity index (χ0) is 13.9. The molecule has 2 aromatic rings. The summed E-state index contributed by atoms with van der Waals surface area (Å²) < 4.78 is 5.53. The van der Waals surface area contributed by atoms with Gasteiger partial charge in [-0.05, 0) is 36.0 Å². The Morgan fingerprint density at radius 1 is 1.35 bits per heavy atom. The third-order valence-electron chi connectivity index (χ3n) is 4.40. The van der Waals surface area contributed by atoms with Gasteiger partial charge < -0.3 is 4.42 Å². The van der Waals surface area contributed by atoms with Crippen molar-refractivity contribution in [2.24, 2.45) is 5.84 Å². The number of furan rings is 1. The summed E-state index contributed by atoms with van der Waals surface area (Å²) in [7, 11) is 0. The first kappa shape index (κ1) is 13.4. The minimum Gasteiger partial charge on any atom is -0.469 e. The van der Waals surface area contributed by atoms with Gasteiger partial charge in [0.05, 0.1) is 12.3 Å². The van der Waals surface area contributed by atoms with Crippen molar-refractivity contribution in [1.29, 1.82) is 0 Å². The van der Waals surface area contributed by atoms with Crippen LogP contribution in [-0.4, -0.2) is 0 Å². The van der Waals surface area contributed by atoms with E-state index < -0.39 is 0 Å². The van der Waals surface area contributed by atoms with E-state index in [0.717, 1.165) is 23.7 Å². The summed E-state index contributed by atoms with van der Waals surface area (Å²) in [4.78, 5) is 0. The summed E-state index contributed by atoms with van der Waals surface area (Å²) in [6, 6.07) is 10.8. The van der Waals surface area contributed by atoms with Crippen LogP contribution in [0.5, 0.6) is 0 Å². The van der Waals surface area contributed by atoms with Crippen LogP contribution in [0.2, 0.25) is 0 Å². The first-order valence-electron chi connectivity index (χ1n) is 7.45. The lowest BCUT2D eigenvalue weighted by atomic mass is 9.79. The van der Waals surface area contributed by atoms with Crippen LogP contribution in [0.3, 0.4) is 0 Å². The molecule has 1 aromatic heterocycles. The zero-order valence-electron chi connectivity index (χ0n) is 11.9. The van der Waals surface area contributed by atoms with Crippen LogP contribution in [0.15, 0.2) is 41.0 Å². The molecule has 106 valence electrons. The van der Waals surface area contributed by atoms with E-state index in [2.05, 4.69) is 36.6 Å². The molecule has 3 rings (SSSR count). The standard InChI is InChI=1S/C17H22N2O/c1-2-16-15(9-10-20-16)17(19-18)14-8-4-7-13(11-14)12-5-3-6-12/h4,7-12,17,19H,2-3,5-6,18H2,1H3. The highest BCUT2D eigenvalue weighted by Crippen LogP contribution is 2.37. The van der Waals surface area contributed by atoms with Crippen LogP contribution in [0, 0.1) is 0 Å². The molecule has 0 radical (unpaired) electrons. The van der Waals surface area contributed by atoms with E-state index in [4.69, 9.17) is 10.3 Å². The lowest BCUT2D eigenvalue weighted by Gasteiger charge is -2.27. The molecule has 0 spiro atoms. The highest BCUT2D eigenvalue weighted by Gasteiger charge is 2.22. The van der Waals surface area contributed by atoms with E-state index in [1.54, 1.807) is 6.26 Å². The van der Waals surface area contributed by atoms with E-state index in [9.17, 15) is 0 Å². The van der Waals surface area contributed by atoms with Crippen molar-refractivity contribution in [1.82, 2.24) is 5.43 Å². The van der Waals surface area contributed by atoms with Crippen molar-refractivity contribution in [2.75, 3.05) is 0 Å². The summed E-state index contributed by atoms with van der Waals surface area (Å²) in [6.45, 7) is 2.10. The van der Waals surface area contributed by atoms with E-state index in [0.29, 0.717) is 0 Å². The summed E-state index contributed by atoms with van der Waals surface area (Å²) in [6.07, 6.45) is 6.61. The molecule has 3 nitrogen and oxygen atoms in total. The molecule has 1 unspecified atom stereocenters. The Kier molecular flexibility index (Phi) is 3.90. The molecule has 0 bridgehead atoms. The van der Waals surface area contributed by atoms with Gasteiger partial charge in [0, 0.05) is 12.0 Å². The molecule has 1 saturated carbocycles. The summed E-state index contributed by atoms with van der Waals surface area (Å²) in [5.74, 6) is 7.54. The Morgan fingerprint density at radius 2 is 2.20 bits per heavy atom. The average molecular weight is 270 g/mol. The maximum Gasteiger partial charge on any atom is 0.108 e. The number of hydrogen-bond acceptors (Lipinski definition) is 3. The molecular weight excluding hydrogens is 248 g/mol. The van der Waals surface area contributed by atoms with Crippen LogP contribution in [0.4, 0.5) is 0 Å². The lowest BCUT2D eigenvalue weighted by molar-refractivity contribution is 0.419. The van der Waals surface area contributed by atoms with Crippen molar-refractivity contribution in [3.63, 3.8) is 0 Å². The predicted molar refractivity (Wildman–Crippen MR) is 80.3 cm³/mol. The number of nitrogens with two attached hydrogens (primary N) is 1. The second kappa shape index (κ2) is 5.81. The molecule has 3 heteroatoms. The number of hydrogen-bond donors (Lipinski definition) is 2. The molecule has 1 aliphatic carbocycles. The average Bonchev–Trinajstić information content (AvgIpc) is 2.86. The van der Waals surface area contributed by atoms with Gasteiger partial charge in [-0.15, -0.1) is 0 Å². The molecule has 0 amide bonds. The molecular formula is C17H22N2O. The fourth-order valence-electron chi connectivity index (χ4n) is 2.99. The van der Waals surface area contributed by atoms with Gasteiger partial charge in [-0.1, -0.05) is 37.6 Å². The molecule has 1 aromatic carbocycles. The van der Waals surface area contributed by atoms with E-state index in [-0.39, 0.29) is 6.04 Å². The molecule has 1 aliphatic rings. The highest BCUT2D eigenvalue weighted by atomic mass is 16.3. The molecule has 0 saturated heterocycles. The van der Waals surface area contributed by atoms with Gasteiger partial charge >= 0.3 is 0 Å². The maximum absolute atomic E-state index is 5.80. The molecule has 1 atom stereocenters. The first-order chi connectivity index (χ1) is 9.83. The van der Waals surface area contributed by atoms with Crippen molar-refractivity contribution in [3.8, 4) is 0 Å². The Morgan fingerprint density at radius 3 is 2.85 bits per heavy atom. The van der Waals surface area contributed by atoms with Crippen molar-refractivity contribution in [2.45, 2.75) is 44.6 Å². The minimum atomic E-state index is 0.00345. The molecule has 1 heterocycles. The Labute approximate surface area is 120 Å². The fraction of sp³-hybridized carbons (Fsp3) is 0.412. The van der Waals surface area contributed by atoms with Gasteiger partial charge in [-0.25, -0.2) is 5.43 Å². The smallest absolute Gasteiger partial charge is 0.108 e. The van der Waals surface area contributed by atoms with Gasteiger partial charge in [-0.2, -0.15) is 0 Å². The topological polar surface area (TPSA) is 51.2 Å². The normalized spacial score (nSPS) is 16.9. The first-order valence-corrected chi connectivity index (χ1v) is 7.45. The van der Waals surface area contributed by atoms with Crippen LogP contribution in [-0.2, 0) is 6.42 Å². The minimum absolute atomic E-state index is 0.00345. The van der Waals surface area contributed by atoms with Crippen LogP contribution < -0.4 is 11.3 Å². The number of nitrogens with one attached hydrogen (secondary N) is 1. The molecule has 20 heavy (non-hydrogen) atoms. The van der Waals surface area contributed by atoms with E-state index >= 15 is 0 Å². The predicted octanol–water partition coefficient (Wildman–Crippen LogP) is 3.66. The van der Waals surface area contributed by atoms with Crippen molar-refractivity contribution >= 4 is 0 Å². The second-order valence-electron chi connectivity index (χ2n) is 5.55. The SMILES string of the molecule is CCc1occc1C(NN)c1cccc(C2CCC2)c1. The van der Waals surface area contributed by atoms with E-state index in [1.807, 2.05) is 6.07 Å². The van der Waals surface area contributed by atoms with Crippen LogP contribution in [0.1, 0.15) is 60.6 Å². The van der Waals surface area contributed by atoms with Gasteiger partial charge in [0.15, 0.2) is 0 Å². The fourth-order valence-corrected chi connectivity index (χ4v) is 2.99. The number of benzene rings is 1.